The van der Waals surface area contributed by atoms with Gasteiger partial charge in [0.15, 0.2) is 6.61 Å². The van der Waals surface area contributed by atoms with Crippen LogP contribution in [-0.4, -0.2) is 55.7 Å². The second-order valence-corrected chi connectivity index (χ2v) is 12.9. The van der Waals surface area contributed by atoms with Crippen LogP contribution in [0.15, 0.2) is 66.7 Å². The summed E-state index contributed by atoms with van der Waals surface area (Å²) in [5.74, 6) is -3.69. The maximum Gasteiger partial charge on any atom is 0.257 e. The van der Waals surface area contributed by atoms with Crippen LogP contribution in [0.5, 0.6) is 5.75 Å². The van der Waals surface area contributed by atoms with Crippen LogP contribution in [0.4, 0.5) is 13.2 Å². The molecule has 6 aromatic rings. The van der Waals surface area contributed by atoms with Gasteiger partial charge in [0.25, 0.3) is 5.91 Å². The van der Waals surface area contributed by atoms with E-state index in [0.29, 0.717) is 34.3 Å². The molecule has 0 aliphatic carbocycles. The summed E-state index contributed by atoms with van der Waals surface area (Å²) in [4.78, 5) is 31.7. The number of nitrogens with zero attached hydrogens (tertiary/aromatic N) is 5. The average Bonchev–Trinajstić information content (AvgIpc) is 3.79. The molecular formula is C36H31F3N6O3S. The van der Waals surface area contributed by atoms with Crippen molar-refractivity contribution >= 4 is 44.1 Å². The molecule has 2 aromatic carbocycles. The van der Waals surface area contributed by atoms with Gasteiger partial charge in [-0.25, -0.2) is 18.2 Å². The SMILES string of the molecule is C=CC(=O)N1[C@H](C)c2cc(-c3nc(-c4ccc5c(ccn5C)c4)c4scc(F)c4c3-c3c(F)cc(F)cc3OCC(=O)NC)nn2C[C@@H]1C. The monoisotopic (exact) mass is 684 g/mol. The third kappa shape index (κ3) is 5.34. The number of aryl methyl sites for hydroxylation is 1. The van der Waals surface area contributed by atoms with Gasteiger partial charge in [-0.2, -0.15) is 5.10 Å². The zero-order chi connectivity index (χ0) is 34.7. The van der Waals surface area contributed by atoms with Gasteiger partial charge in [0.2, 0.25) is 5.91 Å². The molecule has 2 amide bonds. The van der Waals surface area contributed by atoms with E-state index in [-0.39, 0.29) is 45.6 Å². The number of fused-ring (bicyclic) bond motifs is 3. The first-order valence-electron chi connectivity index (χ1n) is 15.5. The number of benzene rings is 2. The minimum Gasteiger partial charge on any atom is -0.483 e. The topological polar surface area (TPSA) is 94.3 Å². The fourth-order valence-corrected chi connectivity index (χ4v) is 7.59. The van der Waals surface area contributed by atoms with Crippen molar-refractivity contribution in [3.63, 3.8) is 0 Å². The molecule has 0 bridgehead atoms. The second-order valence-electron chi connectivity index (χ2n) is 12.0. The number of thiophene rings is 1. The van der Waals surface area contributed by atoms with Crippen molar-refractivity contribution in [1.82, 2.24) is 29.5 Å². The van der Waals surface area contributed by atoms with Crippen LogP contribution in [0.25, 0.3) is 54.8 Å². The number of pyridine rings is 1. The number of nitrogens with one attached hydrogen (secondary N) is 1. The fraction of sp³-hybridized carbons (Fsp3) is 0.222. The van der Waals surface area contributed by atoms with Gasteiger partial charge in [-0.15, -0.1) is 11.3 Å². The van der Waals surface area contributed by atoms with Crippen LogP contribution in [0, 0.1) is 17.5 Å². The predicted octanol–water partition coefficient (Wildman–Crippen LogP) is 7.01. The van der Waals surface area contributed by atoms with Crippen molar-refractivity contribution in [3.05, 3.63) is 89.8 Å². The lowest BCUT2D eigenvalue weighted by atomic mass is 9.94. The number of halogens is 3. The lowest BCUT2D eigenvalue weighted by Crippen LogP contribution is -2.46. The molecule has 9 nitrogen and oxygen atoms in total. The summed E-state index contributed by atoms with van der Waals surface area (Å²) >= 11 is 1.11. The summed E-state index contributed by atoms with van der Waals surface area (Å²) in [5.41, 5.74) is 2.95. The number of hydrogen-bond donors (Lipinski definition) is 1. The number of aromatic nitrogens is 4. The molecule has 13 heteroatoms. The van der Waals surface area contributed by atoms with Crippen molar-refractivity contribution in [2.24, 2.45) is 7.05 Å². The number of rotatable bonds is 7. The minimum absolute atomic E-state index is 0.00197. The molecule has 0 radical (unpaired) electrons. The quantitative estimate of drug-likeness (QED) is 0.183. The van der Waals surface area contributed by atoms with E-state index in [1.165, 1.54) is 18.5 Å². The van der Waals surface area contributed by atoms with Crippen molar-refractivity contribution in [1.29, 1.82) is 0 Å². The van der Waals surface area contributed by atoms with Gasteiger partial charge in [-0.05, 0) is 44.2 Å². The second kappa shape index (κ2) is 12.2. The Kier molecular flexibility index (Phi) is 8.02. The molecule has 7 rings (SSSR count). The van der Waals surface area contributed by atoms with Gasteiger partial charge in [-0.3, -0.25) is 14.3 Å². The Hall–Kier alpha value is -5.43. The summed E-state index contributed by atoms with van der Waals surface area (Å²) in [6, 6.07) is 10.5. The predicted molar refractivity (Wildman–Crippen MR) is 183 cm³/mol. The maximum atomic E-state index is 16.2. The van der Waals surface area contributed by atoms with Crippen molar-refractivity contribution in [2.45, 2.75) is 32.5 Å². The van der Waals surface area contributed by atoms with Gasteiger partial charge < -0.3 is 19.5 Å². The standard InChI is InChI=1S/C36H31F3N6O3S/c1-6-30(47)45-18(2)15-44-27(19(45)3)14-25(42-44)35-33(31-23(38)12-22(37)13-28(31)48-16-29(46)40-4)32-24(39)17-49-36(32)34(41-35)21-7-8-26-20(11-21)9-10-43(26)5/h6-14,17-19H,1,15-16H2,2-5H3,(H,40,46)/t18-,19+/m0/s1. The number of amides is 2. The molecule has 0 unspecified atom stereocenters. The summed E-state index contributed by atoms with van der Waals surface area (Å²) in [6.45, 7) is 7.23. The van der Waals surface area contributed by atoms with E-state index in [2.05, 4.69) is 11.9 Å². The van der Waals surface area contributed by atoms with E-state index in [1.807, 2.05) is 55.9 Å². The first-order valence-corrected chi connectivity index (χ1v) is 16.4. The largest absolute Gasteiger partial charge is 0.483 e. The van der Waals surface area contributed by atoms with Gasteiger partial charge in [0.05, 0.1) is 34.2 Å². The van der Waals surface area contributed by atoms with Crippen LogP contribution in [0.2, 0.25) is 0 Å². The third-order valence-electron chi connectivity index (χ3n) is 8.98. The highest BCUT2D eigenvalue weighted by atomic mass is 32.1. The molecule has 250 valence electrons. The highest BCUT2D eigenvalue weighted by Crippen LogP contribution is 2.48. The Bertz CT molecular complexity index is 2330. The average molecular weight is 685 g/mol. The van der Waals surface area contributed by atoms with Crippen LogP contribution in [0.1, 0.15) is 25.6 Å². The number of likely N-dealkylation sites (N-methyl/N-ethyl adjacent to an activating group) is 1. The van der Waals surface area contributed by atoms with E-state index in [9.17, 15) is 14.0 Å². The zero-order valence-corrected chi connectivity index (χ0v) is 27.9. The van der Waals surface area contributed by atoms with Gasteiger partial charge in [0.1, 0.15) is 34.6 Å². The van der Waals surface area contributed by atoms with Crippen molar-refractivity contribution < 1.29 is 27.5 Å². The van der Waals surface area contributed by atoms with Crippen LogP contribution >= 0.6 is 11.3 Å². The molecule has 5 heterocycles. The van der Waals surface area contributed by atoms with Gasteiger partial charge in [-0.1, -0.05) is 12.6 Å². The Balaban J connectivity index is 1.54. The van der Waals surface area contributed by atoms with E-state index in [0.717, 1.165) is 28.3 Å². The van der Waals surface area contributed by atoms with E-state index < -0.39 is 36.0 Å². The lowest BCUT2D eigenvalue weighted by Gasteiger charge is -2.38. The molecule has 0 saturated carbocycles. The number of carbonyl (C=O) groups is 2. The molecular weight excluding hydrogens is 653 g/mol. The van der Waals surface area contributed by atoms with E-state index in [1.54, 1.807) is 15.6 Å². The molecule has 0 spiro atoms. The number of carbonyl (C=O) groups excluding carboxylic acids is 2. The molecule has 0 saturated heterocycles. The normalized spacial score (nSPS) is 15.9. The van der Waals surface area contributed by atoms with E-state index >= 15 is 8.78 Å². The minimum atomic E-state index is -1.03. The maximum absolute atomic E-state index is 16.2. The Morgan fingerprint density at radius 3 is 2.63 bits per heavy atom. The first-order chi connectivity index (χ1) is 23.5. The first kappa shape index (κ1) is 32.1. The summed E-state index contributed by atoms with van der Waals surface area (Å²) in [7, 11) is 3.34. The highest BCUT2D eigenvalue weighted by molar-refractivity contribution is 7.17. The van der Waals surface area contributed by atoms with Crippen LogP contribution in [0.3, 0.4) is 0 Å². The van der Waals surface area contributed by atoms with Crippen LogP contribution < -0.4 is 10.1 Å². The van der Waals surface area contributed by atoms with Gasteiger partial charge in [0, 0.05) is 71.3 Å². The summed E-state index contributed by atoms with van der Waals surface area (Å²) < 4.78 is 56.9. The van der Waals surface area contributed by atoms with Crippen molar-refractivity contribution in [3.8, 4) is 39.5 Å². The Morgan fingerprint density at radius 2 is 1.88 bits per heavy atom. The summed E-state index contributed by atoms with van der Waals surface area (Å²) in [5, 5.41) is 9.59. The molecule has 2 atom stereocenters. The van der Waals surface area contributed by atoms with Crippen LogP contribution in [-0.2, 0) is 23.2 Å². The Labute approximate surface area is 283 Å². The Morgan fingerprint density at radius 1 is 1.08 bits per heavy atom. The highest BCUT2D eigenvalue weighted by Gasteiger charge is 2.35. The van der Waals surface area contributed by atoms with Gasteiger partial charge >= 0.3 is 0 Å². The lowest BCUT2D eigenvalue weighted by molar-refractivity contribution is -0.132. The summed E-state index contributed by atoms with van der Waals surface area (Å²) in [6.07, 6.45) is 3.20. The third-order valence-corrected chi connectivity index (χ3v) is 9.93. The fourth-order valence-electron chi connectivity index (χ4n) is 6.66. The molecule has 4 aromatic heterocycles. The molecule has 1 N–H and O–H groups in total. The van der Waals surface area contributed by atoms with Crippen molar-refractivity contribution in [2.75, 3.05) is 13.7 Å². The van der Waals surface area contributed by atoms with E-state index in [4.69, 9.17) is 14.8 Å². The zero-order valence-electron chi connectivity index (χ0n) is 27.1. The number of hydrogen-bond acceptors (Lipinski definition) is 6. The molecule has 0 fully saturated rings. The number of ether oxygens (including phenoxy) is 1. The molecule has 1 aliphatic rings. The molecule has 1 aliphatic heterocycles. The smallest absolute Gasteiger partial charge is 0.257 e. The molecule has 49 heavy (non-hydrogen) atoms.